The monoisotopic (exact) mass is 177 g/mol. The SMILES string of the molecule is ClCCC1[C]=Cc2ccccc21. The fraction of sp³-hybridized carbons (Fsp3) is 0.273. The minimum absolute atomic E-state index is 0.429. The molecule has 1 aliphatic rings. The van der Waals surface area contributed by atoms with Gasteiger partial charge in [0.25, 0.3) is 0 Å². The fourth-order valence-electron chi connectivity index (χ4n) is 1.59. The molecule has 0 heterocycles. The van der Waals surface area contributed by atoms with Crippen molar-refractivity contribution < 1.29 is 0 Å². The molecule has 0 saturated carbocycles. The molecule has 0 saturated heterocycles. The van der Waals surface area contributed by atoms with E-state index in [2.05, 4.69) is 36.4 Å². The Balaban J connectivity index is 2.30. The Morgan fingerprint density at radius 3 is 3.00 bits per heavy atom. The first kappa shape index (κ1) is 7.88. The van der Waals surface area contributed by atoms with Gasteiger partial charge in [0, 0.05) is 11.8 Å². The van der Waals surface area contributed by atoms with Crippen molar-refractivity contribution in [3.63, 3.8) is 0 Å². The van der Waals surface area contributed by atoms with Crippen molar-refractivity contribution in [3.8, 4) is 0 Å². The molecule has 1 aliphatic carbocycles. The van der Waals surface area contributed by atoms with E-state index in [4.69, 9.17) is 11.6 Å². The van der Waals surface area contributed by atoms with Gasteiger partial charge in [0.1, 0.15) is 0 Å². The van der Waals surface area contributed by atoms with Gasteiger partial charge >= 0.3 is 0 Å². The second kappa shape index (κ2) is 3.32. The van der Waals surface area contributed by atoms with Crippen molar-refractivity contribution in [2.45, 2.75) is 12.3 Å². The standard InChI is InChI=1S/C11H10Cl/c12-8-7-10-6-5-9-3-1-2-4-11(9)10/h1-5,10H,7-8H2. The molecule has 0 bridgehead atoms. The smallest absolute Gasteiger partial charge is 0.0232 e. The van der Waals surface area contributed by atoms with E-state index in [1.54, 1.807) is 0 Å². The molecule has 1 heteroatoms. The van der Waals surface area contributed by atoms with Crippen LogP contribution in [-0.4, -0.2) is 5.88 Å². The molecule has 1 unspecified atom stereocenters. The molecule has 0 aromatic heterocycles. The van der Waals surface area contributed by atoms with Crippen LogP contribution < -0.4 is 0 Å². The average molecular weight is 178 g/mol. The van der Waals surface area contributed by atoms with Crippen LogP contribution in [0.15, 0.2) is 24.3 Å². The average Bonchev–Trinajstić information content (AvgIpc) is 2.50. The highest BCUT2D eigenvalue weighted by Crippen LogP contribution is 2.31. The Kier molecular flexibility index (Phi) is 2.18. The number of halogens is 1. The van der Waals surface area contributed by atoms with Crippen LogP contribution in [-0.2, 0) is 0 Å². The lowest BCUT2D eigenvalue weighted by Gasteiger charge is -2.07. The van der Waals surface area contributed by atoms with E-state index in [1.807, 2.05) is 0 Å². The van der Waals surface area contributed by atoms with E-state index in [0.717, 1.165) is 6.42 Å². The van der Waals surface area contributed by atoms with Crippen molar-refractivity contribution in [1.82, 2.24) is 0 Å². The molecule has 61 valence electrons. The third kappa shape index (κ3) is 1.27. The normalized spacial score (nSPS) is 19.6. The largest absolute Gasteiger partial charge is 0.127 e. The van der Waals surface area contributed by atoms with E-state index in [9.17, 15) is 0 Å². The summed E-state index contributed by atoms with van der Waals surface area (Å²) in [4.78, 5) is 0. The van der Waals surface area contributed by atoms with E-state index in [0.29, 0.717) is 11.8 Å². The van der Waals surface area contributed by atoms with Crippen molar-refractivity contribution in [2.24, 2.45) is 0 Å². The van der Waals surface area contributed by atoms with Gasteiger partial charge in [-0.2, -0.15) is 0 Å². The van der Waals surface area contributed by atoms with Crippen LogP contribution in [0.4, 0.5) is 0 Å². The second-order valence-corrected chi connectivity index (χ2v) is 3.35. The fourth-order valence-corrected chi connectivity index (χ4v) is 1.81. The first-order valence-electron chi connectivity index (χ1n) is 4.16. The summed E-state index contributed by atoms with van der Waals surface area (Å²) in [5.74, 6) is 1.14. The van der Waals surface area contributed by atoms with E-state index < -0.39 is 0 Å². The van der Waals surface area contributed by atoms with Crippen LogP contribution in [0.3, 0.4) is 0 Å². The van der Waals surface area contributed by atoms with Gasteiger partial charge in [-0.15, -0.1) is 11.6 Å². The summed E-state index contributed by atoms with van der Waals surface area (Å²) in [6, 6.07) is 8.40. The van der Waals surface area contributed by atoms with Gasteiger partial charge in [-0.1, -0.05) is 30.3 Å². The van der Waals surface area contributed by atoms with Crippen LogP contribution in [0, 0.1) is 6.08 Å². The van der Waals surface area contributed by atoms with Crippen molar-refractivity contribution in [3.05, 3.63) is 41.5 Å². The maximum Gasteiger partial charge on any atom is 0.0232 e. The lowest BCUT2D eigenvalue weighted by molar-refractivity contribution is 0.807. The van der Waals surface area contributed by atoms with Crippen LogP contribution in [0.25, 0.3) is 6.08 Å². The van der Waals surface area contributed by atoms with Crippen LogP contribution in [0.5, 0.6) is 0 Å². The lowest BCUT2D eigenvalue weighted by Crippen LogP contribution is -1.93. The summed E-state index contributed by atoms with van der Waals surface area (Å²) < 4.78 is 0. The molecular formula is C11H10Cl. The van der Waals surface area contributed by atoms with Gasteiger partial charge in [-0.05, 0) is 23.6 Å². The summed E-state index contributed by atoms with van der Waals surface area (Å²) >= 11 is 5.69. The third-order valence-corrected chi connectivity index (χ3v) is 2.43. The molecular weight excluding hydrogens is 168 g/mol. The number of benzene rings is 1. The Morgan fingerprint density at radius 2 is 2.17 bits per heavy atom. The predicted molar refractivity (Wildman–Crippen MR) is 52.2 cm³/mol. The minimum atomic E-state index is 0.429. The van der Waals surface area contributed by atoms with Crippen LogP contribution in [0.2, 0.25) is 0 Å². The number of hydrogen-bond donors (Lipinski definition) is 0. The van der Waals surface area contributed by atoms with E-state index >= 15 is 0 Å². The molecule has 0 aliphatic heterocycles. The molecule has 0 amide bonds. The van der Waals surface area contributed by atoms with E-state index in [-0.39, 0.29) is 0 Å². The number of rotatable bonds is 2. The second-order valence-electron chi connectivity index (χ2n) is 2.97. The summed E-state index contributed by atoms with van der Waals surface area (Å²) in [5.41, 5.74) is 2.67. The molecule has 1 aromatic carbocycles. The minimum Gasteiger partial charge on any atom is -0.127 e. The third-order valence-electron chi connectivity index (χ3n) is 2.21. The highest BCUT2D eigenvalue weighted by molar-refractivity contribution is 6.17. The quantitative estimate of drug-likeness (QED) is 0.609. The highest BCUT2D eigenvalue weighted by Gasteiger charge is 2.15. The molecule has 0 N–H and O–H groups in total. The molecule has 1 atom stereocenters. The molecule has 0 nitrogen and oxygen atoms in total. The van der Waals surface area contributed by atoms with E-state index in [1.165, 1.54) is 11.1 Å². The Labute approximate surface area is 77.9 Å². The molecule has 12 heavy (non-hydrogen) atoms. The van der Waals surface area contributed by atoms with Gasteiger partial charge in [-0.25, -0.2) is 0 Å². The predicted octanol–water partition coefficient (Wildman–Crippen LogP) is 3.23. The number of fused-ring (bicyclic) bond motifs is 1. The highest BCUT2D eigenvalue weighted by atomic mass is 35.5. The van der Waals surface area contributed by atoms with Crippen molar-refractivity contribution >= 4 is 17.7 Å². The summed E-state index contributed by atoms with van der Waals surface area (Å²) in [5, 5.41) is 0. The Hall–Kier alpha value is -0.750. The number of hydrogen-bond acceptors (Lipinski definition) is 0. The van der Waals surface area contributed by atoms with Gasteiger partial charge in [-0.3, -0.25) is 0 Å². The Morgan fingerprint density at radius 1 is 1.33 bits per heavy atom. The summed E-state index contributed by atoms with van der Waals surface area (Å²) in [6.45, 7) is 0. The molecule has 0 spiro atoms. The molecule has 1 aromatic rings. The van der Waals surface area contributed by atoms with Gasteiger partial charge < -0.3 is 0 Å². The van der Waals surface area contributed by atoms with Gasteiger partial charge in [0.15, 0.2) is 0 Å². The lowest BCUT2D eigenvalue weighted by atomic mass is 9.99. The first-order chi connectivity index (χ1) is 5.92. The topological polar surface area (TPSA) is 0 Å². The zero-order chi connectivity index (χ0) is 8.39. The first-order valence-corrected chi connectivity index (χ1v) is 4.69. The molecule has 0 fully saturated rings. The van der Waals surface area contributed by atoms with Gasteiger partial charge in [0.05, 0.1) is 0 Å². The summed E-state index contributed by atoms with van der Waals surface area (Å²) in [6.07, 6.45) is 6.37. The van der Waals surface area contributed by atoms with Gasteiger partial charge in [0.2, 0.25) is 0 Å². The molecule has 2 rings (SSSR count). The maximum absolute atomic E-state index is 5.69. The van der Waals surface area contributed by atoms with Crippen LogP contribution >= 0.6 is 11.6 Å². The zero-order valence-corrected chi connectivity index (χ0v) is 7.51. The Bertz CT molecular complexity index is 302. The number of alkyl halides is 1. The van der Waals surface area contributed by atoms with Crippen molar-refractivity contribution in [2.75, 3.05) is 5.88 Å². The van der Waals surface area contributed by atoms with Crippen LogP contribution in [0.1, 0.15) is 23.5 Å². The molecule has 1 radical (unpaired) electrons. The zero-order valence-electron chi connectivity index (χ0n) is 6.76. The number of allylic oxidation sites excluding steroid dienone is 1. The summed E-state index contributed by atoms with van der Waals surface area (Å²) in [7, 11) is 0. The van der Waals surface area contributed by atoms with Crippen molar-refractivity contribution in [1.29, 1.82) is 0 Å². The maximum atomic E-state index is 5.69.